The van der Waals surface area contributed by atoms with Crippen LogP contribution in [-0.4, -0.2) is 43.1 Å². The summed E-state index contributed by atoms with van der Waals surface area (Å²) in [7, 11) is 1.52. The quantitative estimate of drug-likeness (QED) is 0.671. The summed E-state index contributed by atoms with van der Waals surface area (Å²) in [6.07, 6.45) is 1.43. The molecule has 0 aliphatic carbocycles. The van der Waals surface area contributed by atoms with Crippen LogP contribution in [0.15, 0.2) is 18.2 Å². The third-order valence-electron chi connectivity index (χ3n) is 3.55. The molecule has 2 rings (SSSR count). The number of hydrogen-bond donors (Lipinski definition) is 1. The second kappa shape index (κ2) is 6.47. The zero-order valence-corrected chi connectivity index (χ0v) is 12.3. The Morgan fingerprint density at radius 3 is 2.81 bits per heavy atom. The topological polar surface area (TPSA) is 81.9 Å². The second-order valence-electron chi connectivity index (χ2n) is 4.87. The van der Waals surface area contributed by atoms with Crippen LogP contribution >= 0.6 is 0 Å². The van der Waals surface area contributed by atoms with Gasteiger partial charge in [0.25, 0.3) is 5.91 Å². The normalized spacial score (nSPS) is 17.6. The van der Waals surface area contributed by atoms with Crippen molar-refractivity contribution in [1.82, 2.24) is 4.90 Å². The number of rotatable bonds is 4. The highest BCUT2D eigenvalue weighted by Crippen LogP contribution is 2.25. The van der Waals surface area contributed by atoms with Gasteiger partial charge in [-0.15, -0.1) is 0 Å². The molecule has 1 saturated heterocycles. The summed E-state index contributed by atoms with van der Waals surface area (Å²) in [5.41, 5.74) is 6.67. The Balaban J connectivity index is 2.18. The summed E-state index contributed by atoms with van der Waals surface area (Å²) < 4.78 is 10.1. The molecule has 1 atom stereocenters. The second-order valence-corrected chi connectivity index (χ2v) is 4.87. The first-order valence-corrected chi connectivity index (χ1v) is 6.99. The molecule has 1 aliphatic rings. The first-order chi connectivity index (χ1) is 10.1. The van der Waals surface area contributed by atoms with Gasteiger partial charge in [0.1, 0.15) is 11.8 Å². The van der Waals surface area contributed by atoms with Crippen molar-refractivity contribution in [3.05, 3.63) is 23.8 Å². The maximum Gasteiger partial charge on any atom is 0.328 e. The van der Waals surface area contributed by atoms with E-state index in [4.69, 9.17) is 15.2 Å². The largest absolute Gasteiger partial charge is 0.495 e. The highest BCUT2D eigenvalue weighted by Gasteiger charge is 2.35. The fraction of sp³-hybridized carbons (Fsp3) is 0.467. The Bertz CT molecular complexity index is 544. The molecule has 2 N–H and O–H groups in total. The van der Waals surface area contributed by atoms with E-state index in [9.17, 15) is 9.59 Å². The first-order valence-electron chi connectivity index (χ1n) is 6.99. The minimum atomic E-state index is -0.499. The Labute approximate surface area is 123 Å². The van der Waals surface area contributed by atoms with Crippen LogP contribution in [0.5, 0.6) is 5.75 Å². The number of ether oxygens (including phenoxy) is 2. The number of nitrogen functional groups attached to an aromatic ring is 1. The van der Waals surface area contributed by atoms with Gasteiger partial charge in [-0.05, 0) is 38.0 Å². The van der Waals surface area contributed by atoms with Gasteiger partial charge >= 0.3 is 5.97 Å². The Hall–Kier alpha value is -2.24. The van der Waals surface area contributed by atoms with Gasteiger partial charge in [-0.3, -0.25) is 4.79 Å². The van der Waals surface area contributed by atoms with Crippen molar-refractivity contribution in [2.75, 3.05) is 26.0 Å². The van der Waals surface area contributed by atoms with E-state index in [0.29, 0.717) is 36.6 Å². The van der Waals surface area contributed by atoms with Crippen molar-refractivity contribution >= 4 is 17.6 Å². The predicted molar refractivity (Wildman–Crippen MR) is 78.1 cm³/mol. The number of hydrogen-bond acceptors (Lipinski definition) is 5. The third-order valence-corrected chi connectivity index (χ3v) is 3.55. The lowest BCUT2D eigenvalue weighted by Gasteiger charge is -2.23. The Morgan fingerprint density at radius 2 is 2.19 bits per heavy atom. The lowest BCUT2D eigenvalue weighted by Crippen LogP contribution is -2.41. The van der Waals surface area contributed by atoms with Gasteiger partial charge in [-0.2, -0.15) is 0 Å². The summed E-state index contributed by atoms with van der Waals surface area (Å²) in [6, 6.07) is 4.37. The number of carbonyl (C=O) groups excluding carboxylic acids is 2. The molecule has 1 aromatic rings. The minimum Gasteiger partial charge on any atom is -0.495 e. The van der Waals surface area contributed by atoms with Crippen molar-refractivity contribution < 1.29 is 19.1 Å². The molecule has 21 heavy (non-hydrogen) atoms. The Morgan fingerprint density at radius 1 is 1.43 bits per heavy atom. The molecule has 0 spiro atoms. The molecular formula is C15H20N2O4. The number of methoxy groups -OCH3 is 1. The number of nitrogens with two attached hydrogens (primary N) is 1. The fourth-order valence-electron chi connectivity index (χ4n) is 2.53. The van der Waals surface area contributed by atoms with Crippen LogP contribution < -0.4 is 10.5 Å². The fourth-order valence-corrected chi connectivity index (χ4v) is 2.53. The molecule has 6 heteroatoms. The number of nitrogens with zero attached hydrogens (tertiary/aromatic N) is 1. The SMILES string of the molecule is CCOC(=O)C1CCCN1C(=O)c1ccc(OC)c(N)c1. The van der Waals surface area contributed by atoms with E-state index in [0.717, 1.165) is 6.42 Å². The summed E-state index contributed by atoms with van der Waals surface area (Å²) in [5.74, 6) is -0.0281. The number of amides is 1. The van der Waals surface area contributed by atoms with Gasteiger partial charge in [-0.25, -0.2) is 4.79 Å². The van der Waals surface area contributed by atoms with E-state index in [2.05, 4.69) is 0 Å². The maximum absolute atomic E-state index is 12.5. The van der Waals surface area contributed by atoms with Crippen molar-refractivity contribution in [2.24, 2.45) is 0 Å². The highest BCUT2D eigenvalue weighted by molar-refractivity contribution is 5.98. The standard InChI is InChI=1S/C15H20N2O4/c1-3-21-15(19)12-5-4-8-17(12)14(18)10-6-7-13(20-2)11(16)9-10/h6-7,9,12H,3-5,8,16H2,1-2H3. The zero-order chi connectivity index (χ0) is 15.4. The molecular weight excluding hydrogens is 272 g/mol. The highest BCUT2D eigenvalue weighted by atomic mass is 16.5. The molecule has 0 bridgehead atoms. The van der Waals surface area contributed by atoms with Gasteiger partial charge in [-0.1, -0.05) is 0 Å². The van der Waals surface area contributed by atoms with E-state index < -0.39 is 6.04 Å². The summed E-state index contributed by atoms with van der Waals surface area (Å²) >= 11 is 0. The van der Waals surface area contributed by atoms with Gasteiger partial charge in [0.15, 0.2) is 0 Å². The van der Waals surface area contributed by atoms with Crippen LogP contribution in [0.1, 0.15) is 30.1 Å². The van der Waals surface area contributed by atoms with E-state index in [1.165, 1.54) is 7.11 Å². The van der Waals surface area contributed by atoms with E-state index in [1.807, 2.05) is 0 Å². The number of anilines is 1. The lowest BCUT2D eigenvalue weighted by atomic mass is 10.1. The minimum absolute atomic E-state index is 0.208. The Kier molecular flexibility index (Phi) is 4.67. The number of likely N-dealkylation sites (tertiary alicyclic amines) is 1. The maximum atomic E-state index is 12.5. The average molecular weight is 292 g/mol. The van der Waals surface area contributed by atoms with Crippen molar-refractivity contribution in [3.63, 3.8) is 0 Å². The number of benzene rings is 1. The molecule has 1 aromatic carbocycles. The summed E-state index contributed by atoms with van der Waals surface area (Å²) in [5, 5.41) is 0. The van der Waals surface area contributed by atoms with E-state index >= 15 is 0 Å². The third kappa shape index (κ3) is 3.09. The van der Waals surface area contributed by atoms with Gasteiger partial charge in [0.05, 0.1) is 19.4 Å². The van der Waals surface area contributed by atoms with Crippen molar-refractivity contribution in [3.8, 4) is 5.75 Å². The van der Waals surface area contributed by atoms with Crippen LogP contribution in [-0.2, 0) is 9.53 Å². The number of carbonyl (C=O) groups is 2. The van der Waals surface area contributed by atoms with E-state index in [1.54, 1.807) is 30.0 Å². The van der Waals surface area contributed by atoms with Crippen LogP contribution in [0.2, 0.25) is 0 Å². The molecule has 1 aliphatic heterocycles. The first kappa shape index (κ1) is 15.2. The summed E-state index contributed by atoms with van der Waals surface area (Å²) in [4.78, 5) is 26.0. The molecule has 1 heterocycles. The number of esters is 1. The van der Waals surface area contributed by atoms with Gasteiger partial charge < -0.3 is 20.1 Å². The van der Waals surface area contributed by atoms with Crippen LogP contribution in [0, 0.1) is 0 Å². The van der Waals surface area contributed by atoms with Gasteiger partial charge in [0, 0.05) is 12.1 Å². The molecule has 6 nitrogen and oxygen atoms in total. The molecule has 1 unspecified atom stereocenters. The zero-order valence-electron chi connectivity index (χ0n) is 12.3. The summed E-state index contributed by atoms with van der Waals surface area (Å²) in [6.45, 7) is 2.62. The lowest BCUT2D eigenvalue weighted by molar-refractivity contribution is -0.147. The molecule has 1 fully saturated rings. The van der Waals surface area contributed by atoms with Crippen molar-refractivity contribution in [2.45, 2.75) is 25.8 Å². The average Bonchev–Trinajstić information content (AvgIpc) is 2.96. The van der Waals surface area contributed by atoms with Crippen LogP contribution in [0.25, 0.3) is 0 Å². The molecule has 0 radical (unpaired) electrons. The smallest absolute Gasteiger partial charge is 0.328 e. The van der Waals surface area contributed by atoms with Gasteiger partial charge in [0.2, 0.25) is 0 Å². The molecule has 0 aromatic heterocycles. The monoisotopic (exact) mass is 292 g/mol. The van der Waals surface area contributed by atoms with Crippen LogP contribution in [0.4, 0.5) is 5.69 Å². The van der Waals surface area contributed by atoms with E-state index in [-0.39, 0.29) is 11.9 Å². The molecule has 0 saturated carbocycles. The van der Waals surface area contributed by atoms with Crippen LogP contribution in [0.3, 0.4) is 0 Å². The predicted octanol–water partition coefficient (Wildman–Crippen LogP) is 1.45. The molecule has 114 valence electrons. The molecule has 1 amide bonds. The van der Waals surface area contributed by atoms with Crippen molar-refractivity contribution in [1.29, 1.82) is 0 Å².